The number of halogens is 4. The van der Waals surface area contributed by atoms with E-state index in [1.54, 1.807) is 0 Å². The lowest BCUT2D eigenvalue weighted by Gasteiger charge is -2.14. The van der Waals surface area contributed by atoms with Crippen molar-refractivity contribution in [2.24, 2.45) is 0 Å². The second-order valence-electron chi connectivity index (χ2n) is 5.55. The molecular formula is C18H14Cl3FN2O4. The van der Waals surface area contributed by atoms with E-state index in [2.05, 4.69) is 10.6 Å². The summed E-state index contributed by atoms with van der Waals surface area (Å²) >= 11 is 17.5. The average molecular weight is 448 g/mol. The SMILES string of the molecule is CC(OC(=O)CNC(=O)c1ccc(Cl)cc1Cl)C(=O)Nc1ccc(F)cc1Cl. The van der Waals surface area contributed by atoms with Crippen LogP contribution in [0.1, 0.15) is 17.3 Å². The Balaban J connectivity index is 1.86. The van der Waals surface area contributed by atoms with Crippen molar-refractivity contribution in [3.05, 3.63) is 62.8 Å². The molecule has 2 aromatic rings. The summed E-state index contributed by atoms with van der Waals surface area (Å²) in [6.07, 6.45) is -1.18. The maximum atomic E-state index is 13.0. The Morgan fingerprint density at radius 1 is 1.07 bits per heavy atom. The predicted octanol–water partition coefficient (Wildman–Crippen LogP) is 4.09. The molecule has 2 amide bonds. The molecule has 0 bridgehead atoms. The summed E-state index contributed by atoms with van der Waals surface area (Å²) in [5.41, 5.74) is 0.303. The lowest BCUT2D eigenvalue weighted by molar-refractivity contribution is -0.152. The van der Waals surface area contributed by atoms with Crippen molar-refractivity contribution >= 4 is 58.3 Å². The summed E-state index contributed by atoms with van der Waals surface area (Å²) < 4.78 is 18.0. The quantitative estimate of drug-likeness (QED) is 0.653. The van der Waals surface area contributed by atoms with Crippen LogP contribution < -0.4 is 10.6 Å². The molecule has 148 valence electrons. The van der Waals surface area contributed by atoms with E-state index in [-0.39, 0.29) is 21.3 Å². The fourth-order valence-corrected chi connectivity index (χ4v) is 2.75. The minimum Gasteiger partial charge on any atom is -0.451 e. The van der Waals surface area contributed by atoms with Crippen LogP contribution in [0.3, 0.4) is 0 Å². The van der Waals surface area contributed by atoms with Crippen LogP contribution in [0.15, 0.2) is 36.4 Å². The highest BCUT2D eigenvalue weighted by Crippen LogP contribution is 2.23. The molecule has 0 radical (unpaired) electrons. The van der Waals surface area contributed by atoms with Gasteiger partial charge in [0.15, 0.2) is 6.10 Å². The van der Waals surface area contributed by atoms with E-state index in [4.69, 9.17) is 39.5 Å². The number of rotatable bonds is 6. The first-order valence-electron chi connectivity index (χ1n) is 7.86. The normalized spacial score (nSPS) is 11.5. The van der Waals surface area contributed by atoms with E-state index in [0.29, 0.717) is 5.02 Å². The molecule has 0 spiro atoms. The third-order valence-electron chi connectivity index (χ3n) is 3.44. The zero-order valence-corrected chi connectivity index (χ0v) is 16.7. The van der Waals surface area contributed by atoms with Crippen LogP contribution in [0.5, 0.6) is 0 Å². The van der Waals surface area contributed by atoms with Gasteiger partial charge in [-0.1, -0.05) is 34.8 Å². The van der Waals surface area contributed by atoms with Crippen molar-refractivity contribution in [3.63, 3.8) is 0 Å². The molecule has 0 heterocycles. The molecule has 0 fully saturated rings. The summed E-state index contributed by atoms with van der Waals surface area (Å²) in [5.74, 6) is -2.67. The minimum atomic E-state index is -1.18. The van der Waals surface area contributed by atoms with Crippen molar-refractivity contribution in [2.75, 3.05) is 11.9 Å². The van der Waals surface area contributed by atoms with Gasteiger partial charge in [-0.25, -0.2) is 4.39 Å². The van der Waals surface area contributed by atoms with Crippen LogP contribution in [0.4, 0.5) is 10.1 Å². The smallest absolute Gasteiger partial charge is 0.326 e. The van der Waals surface area contributed by atoms with Gasteiger partial charge in [-0.2, -0.15) is 0 Å². The first-order chi connectivity index (χ1) is 13.2. The van der Waals surface area contributed by atoms with E-state index in [9.17, 15) is 18.8 Å². The van der Waals surface area contributed by atoms with Gasteiger partial charge in [0.1, 0.15) is 12.4 Å². The first kappa shape index (κ1) is 21.9. The van der Waals surface area contributed by atoms with Gasteiger partial charge in [-0.15, -0.1) is 0 Å². The van der Waals surface area contributed by atoms with Gasteiger partial charge >= 0.3 is 5.97 Å². The molecule has 2 N–H and O–H groups in total. The molecule has 10 heteroatoms. The van der Waals surface area contributed by atoms with Gasteiger partial charge < -0.3 is 15.4 Å². The van der Waals surface area contributed by atoms with Crippen molar-refractivity contribution in [3.8, 4) is 0 Å². The zero-order valence-electron chi connectivity index (χ0n) is 14.4. The fourth-order valence-electron chi connectivity index (χ4n) is 2.04. The maximum absolute atomic E-state index is 13.0. The molecule has 0 saturated carbocycles. The number of anilines is 1. The van der Waals surface area contributed by atoms with Crippen molar-refractivity contribution in [1.82, 2.24) is 5.32 Å². The van der Waals surface area contributed by atoms with Crippen molar-refractivity contribution in [2.45, 2.75) is 13.0 Å². The Kier molecular flexibility index (Phi) is 7.62. The van der Waals surface area contributed by atoms with Gasteiger partial charge in [0, 0.05) is 5.02 Å². The first-order valence-corrected chi connectivity index (χ1v) is 8.99. The monoisotopic (exact) mass is 446 g/mol. The van der Waals surface area contributed by atoms with Crippen LogP contribution in [0.2, 0.25) is 15.1 Å². The molecule has 0 aliphatic carbocycles. The van der Waals surface area contributed by atoms with E-state index in [1.807, 2.05) is 0 Å². The van der Waals surface area contributed by atoms with Gasteiger partial charge in [0.05, 0.1) is 21.3 Å². The second kappa shape index (κ2) is 9.73. The van der Waals surface area contributed by atoms with Crippen LogP contribution in [-0.2, 0) is 14.3 Å². The molecule has 6 nitrogen and oxygen atoms in total. The van der Waals surface area contributed by atoms with Gasteiger partial charge in [-0.05, 0) is 43.3 Å². The Labute approximate surface area is 174 Å². The maximum Gasteiger partial charge on any atom is 0.326 e. The number of hydrogen-bond acceptors (Lipinski definition) is 4. The molecule has 2 rings (SSSR count). The minimum absolute atomic E-state index is 0.000942. The number of ether oxygens (including phenoxy) is 1. The Hall–Kier alpha value is -2.35. The lowest BCUT2D eigenvalue weighted by Crippen LogP contribution is -2.36. The van der Waals surface area contributed by atoms with Gasteiger partial charge in [0.2, 0.25) is 0 Å². The van der Waals surface area contributed by atoms with Crippen molar-refractivity contribution in [1.29, 1.82) is 0 Å². The Morgan fingerprint density at radius 2 is 1.79 bits per heavy atom. The fraction of sp³-hybridized carbons (Fsp3) is 0.167. The van der Waals surface area contributed by atoms with Crippen LogP contribution >= 0.6 is 34.8 Å². The highest BCUT2D eigenvalue weighted by molar-refractivity contribution is 6.36. The highest BCUT2D eigenvalue weighted by atomic mass is 35.5. The van der Waals surface area contributed by atoms with Crippen LogP contribution in [-0.4, -0.2) is 30.4 Å². The van der Waals surface area contributed by atoms with Crippen LogP contribution in [0, 0.1) is 5.82 Å². The standard InChI is InChI=1S/C18H14Cl3FN2O4/c1-9(17(26)24-15-5-3-11(22)7-14(15)21)28-16(25)8-23-18(27)12-4-2-10(19)6-13(12)20/h2-7,9H,8H2,1H3,(H,23,27)(H,24,26). The molecule has 1 unspecified atom stereocenters. The lowest BCUT2D eigenvalue weighted by atomic mass is 10.2. The van der Waals surface area contributed by atoms with E-state index < -0.39 is 36.2 Å². The van der Waals surface area contributed by atoms with Gasteiger partial charge in [-0.3, -0.25) is 14.4 Å². The third kappa shape index (κ3) is 6.09. The second-order valence-corrected chi connectivity index (χ2v) is 6.80. The van der Waals surface area contributed by atoms with Gasteiger partial charge in [0.25, 0.3) is 11.8 Å². The Morgan fingerprint density at radius 3 is 2.43 bits per heavy atom. The van der Waals surface area contributed by atoms with E-state index >= 15 is 0 Å². The predicted molar refractivity (Wildman–Crippen MR) is 104 cm³/mol. The van der Waals surface area contributed by atoms with Crippen LogP contribution in [0.25, 0.3) is 0 Å². The molecule has 0 aromatic heterocycles. The Bertz CT molecular complexity index is 924. The van der Waals surface area contributed by atoms with E-state index in [0.717, 1.165) is 12.1 Å². The molecule has 2 aromatic carbocycles. The summed E-state index contributed by atoms with van der Waals surface area (Å²) in [4.78, 5) is 35.9. The highest BCUT2D eigenvalue weighted by Gasteiger charge is 2.20. The number of benzene rings is 2. The zero-order chi connectivity index (χ0) is 20.8. The molecule has 0 aliphatic heterocycles. The topological polar surface area (TPSA) is 84.5 Å². The molecule has 0 saturated heterocycles. The number of hydrogen-bond donors (Lipinski definition) is 2. The number of esters is 1. The molecule has 28 heavy (non-hydrogen) atoms. The van der Waals surface area contributed by atoms with E-state index in [1.165, 1.54) is 31.2 Å². The summed E-state index contributed by atoms with van der Waals surface area (Å²) in [7, 11) is 0. The van der Waals surface area contributed by atoms with Crippen molar-refractivity contribution < 1.29 is 23.5 Å². The average Bonchev–Trinajstić information content (AvgIpc) is 2.62. The number of nitrogens with one attached hydrogen (secondary N) is 2. The number of carbonyl (C=O) groups is 3. The summed E-state index contributed by atoms with van der Waals surface area (Å²) in [5, 5.41) is 5.24. The molecule has 0 aliphatic rings. The largest absolute Gasteiger partial charge is 0.451 e. The summed E-state index contributed by atoms with van der Waals surface area (Å²) in [6, 6.07) is 7.71. The molecular weight excluding hydrogens is 434 g/mol. The number of amides is 2. The third-order valence-corrected chi connectivity index (χ3v) is 4.30. The number of carbonyl (C=O) groups excluding carboxylic acids is 3. The molecule has 1 atom stereocenters. The summed E-state index contributed by atoms with van der Waals surface area (Å²) in [6.45, 7) is 0.856.